The molecular weight excluding hydrogens is 366 g/mol. The molecule has 0 N–H and O–H groups in total. The van der Waals surface area contributed by atoms with Crippen LogP contribution < -0.4 is 14.4 Å². The molecule has 3 nitrogen and oxygen atoms in total. The number of methoxy groups -OCH3 is 2. The number of halogens is 1. The van der Waals surface area contributed by atoms with Gasteiger partial charge in [0.15, 0.2) is 0 Å². The molecule has 0 saturated carbocycles. The van der Waals surface area contributed by atoms with Gasteiger partial charge in [-0.05, 0) is 51.0 Å². The van der Waals surface area contributed by atoms with Crippen LogP contribution in [0.4, 0.5) is 5.69 Å². The number of aryl methyl sites for hydroxylation is 2. The van der Waals surface area contributed by atoms with E-state index in [1.54, 1.807) is 14.2 Å². The molecule has 0 amide bonds. The lowest BCUT2D eigenvalue weighted by Gasteiger charge is -2.25. The summed E-state index contributed by atoms with van der Waals surface area (Å²) in [7, 11) is 7.59. The summed E-state index contributed by atoms with van der Waals surface area (Å²) in [5.74, 6) is 1.86. The maximum Gasteiger partial charge on any atom is 0.125 e. The van der Waals surface area contributed by atoms with Gasteiger partial charge >= 0.3 is 0 Å². The van der Waals surface area contributed by atoms with Gasteiger partial charge in [0.25, 0.3) is 0 Å². The maximum absolute atomic E-state index is 5.67. The van der Waals surface area contributed by atoms with Crippen molar-refractivity contribution in [1.82, 2.24) is 0 Å². The first kappa shape index (κ1) is 18.7. The second-order valence-corrected chi connectivity index (χ2v) is 7.20. The second kappa shape index (κ2) is 7.06. The average molecular weight is 392 g/mol. The van der Waals surface area contributed by atoms with Crippen LogP contribution in [0.1, 0.15) is 22.3 Å². The summed E-state index contributed by atoms with van der Waals surface area (Å²) >= 11 is 3.77. The maximum atomic E-state index is 5.67. The van der Waals surface area contributed by atoms with Crippen LogP contribution in [-0.2, 0) is 0 Å². The molecule has 0 unspecified atom stereocenters. The van der Waals surface area contributed by atoms with Gasteiger partial charge in [-0.1, -0.05) is 15.9 Å². The Balaban J connectivity index is 2.96. The standard InChI is InChI=1S/C20H26BrNO2/c1-11-9-15(21)17(13(3)19(11)23-7)18-14(4)20(24-8)12(2)10-16(18)22(5)6/h9-10H,1-8H3. The molecular formula is C20H26BrNO2. The molecule has 0 aromatic heterocycles. The number of rotatable bonds is 4. The minimum Gasteiger partial charge on any atom is -0.496 e. The highest BCUT2D eigenvalue weighted by atomic mass is 79.9. The van der Waals surface area contributed by atoms with Crippen molar-refractivity contribution >= 4 is 21.6 Å². The summed E-state index contributed by atoms with van der Waals surface area (Å²) in [6, 6.07) is 4.30. The molecule has 0 saturated heterocycles. The number of nitrogens with zero attached hydrogens (tertiary/aromatic N) is 1. The summed E-state index contributed by atoms with van der Waals surface area (Å²) in [6.07, 6.45) is 0. The van der Waals surface area contributed by atoms with Crippen LogP contribution in [-0.4, -0.2) is 28.3 Å². The van der Waals surface area contributed by atoms with Gasteiger partial charge in [-0.3, -0.25) is 0 Å². The van der Waals surface area contributed by atoms with Crippen molar-refractivity contribution in [3.8, 4) is 22.6 Å². The molecule has 0 aliphatic carbocycles. The zero-order valence-electron chi connectivity index (χ0n) is 15.8. The van der Waals surface area contributed by atoms with Gasteiger partial charge < -0.3 is 14.4 Å². The van der Waals surface area contributed by atoms with Crippen molar-refractivity contribution in [2.24, 2.45) is 0 Å². The van der Waals surface area contributed by atoms with E-state index >= 15 is 0 Å². The average Bonchev–Trinajstić information content (AvgIpc) is 2.49. The van der Waals surface area contributed by atoms with E-state index in [-0.39, 0.29) is 0 Å². The lowest BCUT2D eigenvalue weighted by atomic mass is 9.90. The van der Waals surface area contributed by atoms with Crippen molar-refractivity contribution in [2.45, 2.75) is 27.7 Å². The SMILES string of the molecule is COc1c(C)cc(Br)c(-c2c(N(C)C)cc(C)c(OC)c2C)c1C. The van der Waals surface area contributed by atoms with E-state index in [0.29, 0.717) is 0 Å². The molecule has 24 heavy (non-hydrogen) atoms. The largest absolute Gasteiger partial charge is 0.496 e. The molecule has 0 bridgehead atoms. The Morgan fingerprint density at radius 2 is 1.25 bits per heavy atom. The molecule has 0 spiro atoms. The molecule has 0 atom stereocenters. The van der Waals surface area contributed by atoms with Crippen LogP contribution in [0.3, 0.4) is 0 Å². The Hall–Kier alpha value is -1.68. The highest BCUT2D eigenvalue weighted by Gasteiger charge is 2.22. The molecule has 0 radical (unpaired) electrons. The smallest absolute Gasteiger partial charge is 0.125 e. The van der Waals surface area contributed by atoms with E-state index in [4.69, 9.17) is 9.47 Å². The summed E-state index contributed by atoms with van der Waals surface area (Å²) in [6.45, 7) is 8.37. The number of hydrogen-bond acceptors (Lipinski definition) is 3. The third kappa shape index (κ3) is 3.00. The van der Waals surface area contributed by atoms with Gasteiger partial charge in [0.1, 0.15) is 11.5 Å². The Bertz CT molecular complexity index is 782. The van der Waals surface area contributed by atoms with E-state index in [1.165, 1.54) is 11.3 Å². The summed E-state index contributed by atoms with van der Waals surface area (Å²) in [5.41, 5.74) is 8.00. The minimum atomic E-state index is 0.928. The van der Waals surface area contributed by atoms with E-state index < -0.39 is 0 Å². The molecule has 0 heterocycles. The number of hydrogen-bond donors (Lipinski definition) is 0. The van der Waals surface area contributed by atoms with E-state index in [2.05, 4.69) is 74.8 Å². The van der Waals surface area contributed by atoms with Crippen molar-refractivity contribution in [2.75, 3.05) is 33.2 Å². The van der Waals surface area contributed by atoms with Crippen LogP contribution in [0, 0.1) is 27.7 Å². The van der Waals surface area contributed by atoms with Crippen LogP contribution in [0.5, 0.6) is 11.5 Å². The minimum absolute atomic E-state index is 0.928. The van der Waals surface area contributed by atoms with E-state index in [9.17, 15) is 0 Å². The monoisotopic (exact) mass is 391 g/mol. The van der Waals surface area contributed by atoms with Crippen molar-refractivity contribution < 1.29 is 9.47 Å². The zero-order chi connectivity index (χ0) is 18.2. The molecule has 0 aliphatic rings. The lowest BCUT2D eigenvalue weighted by Crippen LogP contribution is -2.12. The first-order chi connectivity index (χ1) is 11.2. The lowest BCUT2D eigenvalue weighted by molar-refractivity contribution is 0.408. The molecule has 2 aromatic rings. The predicted octanol–water partition coefficient (Wildman–Crippen LogP) is 5.43. The van der Waals surface area contributed by atoms with Gasteiger partial charge in [-0.25, -0.2) is 0 Å². The summed E-state index contributed by atoms with van der Waals surface area (Å²) in [4.78, 5) is 2.15. The van der Waals surface area contributed by atoms with Gasteiger partial charge in [-0.15, -0.1) is 0 Å². The number of benzene rings is 2. The Morgan fingerprint density at radius 3 is 1.71 bits per heavy atom. The second-order valence-electron chi connectivity index (χ2n) is 6.35. The van der Waals surface area contributed by atoms with Crippen LogP contribution in [0.2, 0.25) is 0 Å². The van der Waals surface area contributed by atoms with Crippen molar-refractivity contribution in [3.05, 3.63) is 38.9 Å². The molecule has 2 rings (SSSR count). The molecule has 0 fully saturated rings. The fraction of sp³-hybridized carbons (Fsp3) is 0.400. The number of anilines is 1. The molecule has 130 valence electrons. The van der Waals surface area contributed by atoms with Gasteiger partial charge in [0.2, 0.25) is 0 Å². The third-order valence-corrected chi connectivity index (χ3v) is 5.10. The molecule has 2 aromatic carbocycles. The zero-order valence-corrected chi connectivity index (χ0v) is 17.4. The Morgan fingerprint density at radius 1 is 0.792 bits per heavy atom. The first-order valence-electron chi connectivity index (χ1n) is 7.94. The third-order valence-electron chi connectivity index (χ3n) is 4.48. The highest BCUT2D eigenvalue weighted by molar-refractivity contribution is 9.10. The highest BCUT2D eigenvalue weighted by Crippen LogP contribution is 2.46. The van der Waals surface area contributed by atoms with Crippen LogP contribution >= 0.6 is 15.9 Å². The Labute approximate surface area is 153 Å². The number of ether oxygens (including phenoxy) is 2. The van der Waals surface area contributed by atoms with Crippen molar-refractivity contribution in [1.29, 1.82) is 0 Å². The fourth-order valence-corrected chi connectivity index (χ4v) is 4.30. The van der Waals surface area contributed by atoms with E-state index in [1.807, 2.05) is 0 Å². The summed E-state index contributed by atoms with van der Waals surface area (Å²) < 4.78 is 12.4. The van der Waals surface area contributed by atoms with Gasteiger partial charge in [0.05, 0.1) is 14.2 Å². The normalized spacial score (nSPS) is 10.7. The topological polar surface area (TPSA) is 21.7 Å². The van der Waals surface area contributed by atoms with Crippen molar-refractivity contribution in [3.63, 3.8) is 0 Å². The van der Waals surface area contributed by atoms with E-state index in [0.717, 1.165) is 43.8 Å². The van der Waals surface area contributed by atoms with Crippen LogP contribution in [0.15, 0.2) is 16.6 Å². The Kier molecular flexibility index (Phi) is 5.49. The quantitative estimate of drug-likeness (QED) is 0.692. The first-order valence-corrected chi connectivity index (χ1v) is 8.73. The summed E-state index contributed by atoms with van der Waals surface area (Å²) in [5, 5.41) is 0. The van der Waals surface area contributed by atoms with Gasteiger partial charge in [-0.2, -0.15) is 0 Å². The van der Waals surface area contributed by atoms with Crippen LogP contribution in [0.25, 0.3) is 11.1 Å². The molecule has 0 aliphatic heterocycles. The molecule has 4 heteroatoms. The van der Waals surface area contributed by atoms with Gasteiger partial charge in [0, 0.05) is 46.5 Å². The predicted molar refractivity (Wildman–Crippen MR) is 106 cm³/mol. The fourth-order valence-electron chi connectivity index (χ4n) is 3.46.